The van der Waals surface area contributed by atoms with E-state index in [1.165, 1.54) is 23.9 Å². The molecule has 0 saturated heterocycles. The Morgan fingerprint density at radius 1 is 1.00 bits per heavy atom. The first kappa shape index (κ1) is 18.9. The van der Waals surface area contributed by atoms with Crippen molar-refractivity contribution in [2.24, 2.45) is 4.99 Å². The molecule has 0 atom stereocenters. The number of thioether (sulfide) groups is 1. The summed E-state index contributed by atoms with van der Waals surface area (Å²) in [7, 11) is 0. The highest BCUT2D eigenvalue weighted by Gasteiger charge is 2.02. The Hall–Kier alpha value is -1.88. The third-order valence-corrected chi connectivity index (χ3v) is 5.00. The second kappa shape index (κ2) is 9.17. The Kier molecular flexibility index (Phi) is 6.67. The molecule has 0 aliphatic rings. The standard InChI is InChI=1S/C21H14BrClFNS/c22-16-2-1-3-19(14-16)25-21(15-4-6-17(23)7-5-15)12-13-26-20-10-8-18(24)9-11-20/h1-14H. The predicted molar refractivity (Wildman–Crippen MR) is 113 cm³/mol. The fourth-order valence-electron chi connectivity index (χ4n) is 2.19. The zero-order valence-electron chi connectivity index (χ0n) is 13.6. The van der Waals surface area contributed by atoms with Crippen LogP contribution in [0, 0.1) is 5.82 Å². The number of aliphatic imine (C=N–C) groups is 1. The Balaban J connectivity index is 1.88. The third-order valence-electron chi connectivity index (χ3n) is 3.44. The van der Waals surface area contributed by atoms with E-state index in [4.69, 9.17) is 16.6 Å². The van der Waals surface area contributed by atoms with Crippen LogP contribution in [-0.2, 0) is 0 Å². The van der Waals surface area contributed by atoms with Gasteiger partial charge in [0.05, 0.1) is 11.4 Å². The van der Waals surface area contributed by atoms with Crippen molar-refractivity contribution in [3.8, 4) is 0 Å². The first-order valence-corrected chi connectivity index (χ1v) is 9.84. The SMILES string of the molecule is Fc1ccc(SC=CC(=Nc2cccc(Br)c2)c2ccc(Cl)cc2)cc1. The molecule has 130 valence electrons. The molecule has 0 aliphatic heterocycles. The van der Waals surface area contributed by atoms with Crippen molar-refractivity contribution in [2.45, 2.75) is 4.90 Å². The van der Waals surface area contributed by atoms with E-state index in [1.54, 1.807) is 12.1 Å². The Labute approximate surface area is 169 Å². The molecule has 0 saturated carbocycles. The molecule has 3 aromatic rings. The minimum absolute atomic E-state index is 0.239. The highest BCUT2D eigenvalue weighted by atomic mass is 79.9. The van der Waals surface area contributed by atoms with Crippen molar-refractivity contribution < 1.29 is 4.39 Å². The monoisotopic (exact) mass is 445 g/mol. The molecule has 0 fully saturated rings. The van der Waals surface area contributed by atoms with Crippen molar-refractivity contribution in [3.05, 3.63) is 105 Å². The van der Waals surface area contributed by atoms with Gasteiger partial charge in [0.25, 0.3) is 0 Å². The van der Waals surface area contributed by atoms with Crippen LogP contribution in [0.4, 0.5) is 10.1 Å². The normalized spacial score (nSPS) is 11.9. The van der Waals surface area contributed by atoms with Gasteiger partial charge in [0, 0.05) is 20.0 Å². The number of rotatable bonds is 5. The Morgan fingerprint density at radius 3 is 2.42 bits per heavy atom. The number of halogens is 3. The first-order valence-electron chi connectivity index (χ1n) is 7.79. The van der Waals surface area contributed by atoms with E-state index in [0.717, 1.165) is 26.3 Å². The molecule has 0 unspecified atom stereocenters. The van der Waals surface area contributed by atoms with Crippen LogP contribution >= 0.6 is 39.3 Å². The van der Waals surface area contributed by atoms with Gasteiger partial charge < -0.3 is 0 Å². The van der Waals surface area contributed by atoms with E-state index in [0.29, 0.717) is 5.02 Å². The molecule has 3 aromatic carbocycles. The summed E-state index contributed by atoms with van der Waals surface area (Å²) in [5.74, 6) is -0.239. The zero-order chi connectivity index (χ0) is 18.4. The van der Waals surface area contributed by atoms with Gasteiger partial charge in [-0.3, -0.25) is 0 Å². The van der Waals surface area contributed by atoms with E-state index in [1.807, 2.05) is 60.0 Å². The summed E-state index contributed by atoms with van der Waals surface area (Å²) in [4.78, 5) is 5.71. The fraction of sp³-hybridized carbons (Fsp3) is 0. The molecule has 0 heterocycles. The summed E-state index contributed by atoms with van der Waals surface area (Å²) in [6, 6.07) is 21.8. The van der Waals surface area contributed by atoms with Crippen LogP contribution in [-0.4, -0.2) is 5.71 Å². The summed E-state index contributed by atoms with van der Waals surface area (Å²) in [6.45, 7) is 0. The van der Waals surface area contributed by atoms with Gasteiger partial charge in [-0.2, -0.15) is 0 Å². The number of benzene rings is 3. The number of allylic oxidation sites excluding steroid dienone is 1. The van der Waals surface area contributed by atoms with Crippen LogP contribution in [0.25, 0.3) is 0 Å². The van der Waals surface area contributed by atoms with Crippen molar-refractivity contribution in [3.63, 3.8) is 0 Å². The lowest BCUT2D eigenvalue weighted by molar-refractivity contribution is 0.626. The number of hydrogen-bond donors (Lipinski definition) is 0. The maximum atomic E-state index is 13.0. The predicted octanol–water partition coefficient (Wildman–Crippen LogP) is 7.67. The van der Waals surface area contributed by atoms with Gasteiger partial charge in [0.1, 0.15) is 5.82 Å². The van der Waals surface area contributed by atoms with Gasteiger partial charge in [-0.15, -0.1) is 0 Å². The lowest BCUT2D eigenvalue weighted by Gasteiger charge is -2.04. The quantitative estimate of drug-likeness (QED) is 0.289. The highest BCUT2D eigenvalue weighted by Crippen LogP contribution is 2.23. The summed E-state index contributed by atoms with van der Waals surface area (Å²) in [5.41, 5.74) is 2.63. The van der Waals surface area contributed by atoms with Crippen LogP contribution in [0.15, 0.2) is 98.6 Å². The summed E-state index contributed by atoms with van der Waals surface area (Å²) < 4.78 is 14.0. The van der Waals surface area contributed by atoms with Gasteiger partial charge in [0.15, 0.2) is 0 Å². The van der Waals surface area contributed by atoms with Crippen LogP contribution < -0.4 is 0 Å². The molecule has 26 heavy (non-hydrogen) atoms. The first-order chi connectivity index (χ1) is 12.6. The van der Waals surface area contributed by atoms with Gasteiger partial charge in [-0.25, -0.2) is 9.38 Å². The fourth-order valence-corrected chi connectivity index (χ4v) is 3.35. The molecule has 0 amide bonds. The zero-order valence-corrected chi connectivity index (χ0v) is 16.7. The minimum atomic E-state index is -0.239. The molecule has 0 aromatic heterocycles. The van der Waals surface area contributed by atoms with E-state index in [-0.39, 0.29) is 5.82 Å². The van der Waals surface area contributed by atoms with Crippen LogP contribution in [0.2, 0.25) is 5.02 Å². The van der Waals surface area contributed by atoms with Gasteiger partial charge in [-0.05, 0) is 66.1 Å². The molecule has 3 rings (SSSR count). The molecule has 0 N–H and O–H groups in total. The topological polar surface area (TPSA) is 12.4 Å². The molecular formula is C21H14BrClFNS. The van der Waals surface area contributed by atoms with Crippen molar-refractivity contribution in [1.29, 1.82) is 0 Å². The van der Waals surface area contributed by atoms with Gasteiger partial charge in [0.2, 0.25) is 0 Å². The summed E-state index contributed by atoms with van der Waals surface area (Å²) >= 11 is 11.0. The molecule has 1 nitrogen and oxygen atoms in total. The summed E-state index contributed by atoms with van der Waals surface area (Å²) in [6.07, 6.45) is 1.94. The van der Waals surface area contributed by atoms with Crippen LogP contribution in [0.1, 0.15) is 5.56 Å². The van der Waals surface area contributed by atoms with Crippen LogP contribution in [0.5, 0.6) is 0 Å². The minimum Gasteiger partial charge on any atom is -0.248 e. The maximum absolute atomic E-state index is 13.0. The number of nitrogens with zero attached hydrogens (tertiary/aromatic N) is 1. The molecule has 5 heteroatoms. The van der Waals surface area contributed by atoms with E-state index in [2.05, 4.69) is 15.9 Å². The highest BCUT2D eigenvalue weighted by molar-refractivity contribution is 9.10. The largest absolute Gasteiger partial charge is 0.248 e. The average molecular weight is 447 g/mol. The average Bonchev–Trinajstić information content (AvgIpc) is 2.63. The molecule has 0 aliphatic carbocycles. The molecular weight excluding hydrogens is 433 g/mol. The van der Waals surface area contributed by atoms with Crippen molar-refractivity contribution >= 4 is 50.7 Å². The lowest BCUT2D eigenvalue weighted by Crippen LogP contribution is -1.95. The smallest absolute Gasteiger partial charge is 0.123 e. The summed E-state index contributed by atoms with van der Waals surface area (Å²) in [5, 5.41) is 2.62. The van der Waals surface area contributed by atoms with E-state index in [9.17, 15) is 4.39 Å². The molecule has 0 spiro atoms. The molecule has 0 radical (unpaired) electrons. The third kappa shape index (κ3) is 5.56. The van der Waals surface area contributed by atoms with Crippen molar-refractivity contribution in [2.75, 3.05) is 0 Å². The van der Waals surface area contributed by atoms with Gasteiger partial charge >= 0.3 is 0 Å². The Morgan fingerprint density at radius 2 is 1.73 bits per heavy atom. The maximum Gasteiger partial charge on any atom is 0.123 e. The van der Waals surface area contributed by atoms with E-state index >= 15 is 0 Å². The van der Waals surface area contributed by atoms with Gasteiger partial charge in [-0.1, -0.05) is 57.5 Å². The van der Waals surface area contributed by atoms with E-state index < -0.39 is 0 Å². The number of hydrogen-bond acceptors (Lipinski definition) is 2. The lowest BCUT2D eigenvalue weighted by atomic mass is 10.1. The second-order valence-electron chi connectivity index (χ2n) is 5.36. The van der Waals surface area contributed by atoms with Crippen LogP contribution in [0.3, 0.4) is 0 Å². The van der Waals surface area contributed by atoms with Crippen molar-refractivity contribution in [1.82, 2.24) is 0 Å². The molecule has 0 bridgehead atoms. The Bertz CT molecular complexity index is 937. The second-order valence-corrected chi connectivity index (χ2v) is 7.69.